The van der Waals surface area contributed by atoms with Crippen LogP contribution < -0.4 is 0 Å². The lowest BCUT2D eigenvalue weighted by Gasteiger charge is -2.08. The fourth-order valence-electron chi connectivity index (χ4n) is 5.54. The molecule has 0 atom stereocenters. The van der Waals surface area contributed by atoms with Crippen molar-refractivity contribution >= 4 is 32.9 Å². The molecule has 5 aromatic rings. The number of allylic oxidation sites excluding steroid dienone is 1. The minimum absolute atomic E-state index is 0.0107. The lowest BCUT2D eigenvalue weighted by molar-refractivity contribution is 0.104. The van der Waals surface area contributed by atoms with Gasteiger partial charge < -0.3 is 0 Å². The van der Waals surface area contributed by atoms with E-state index in [-0.39, 0.29) is 11.4 Å². The minimum atomic E-state index is -0.0107. The molecule has 2 aliphatic carbocycles. The Balaban J connectivity index is 1.62. The number of nitrogens with zero attached hydrogens (tertiary/aromatic N) is 2. The topological polar surface area (TPSA) is 64.7 Å². The van der Waals surface area contributed by atoms with Crippen LogP contribution in [0, 0.1) is 22.7 Å². The summed E-state index contributed by atoms with van der Waals surface area (Å²) in [6.07, 6.45) is 0. The second kappa shape index (κ2) is 6.51. The van der Waals surface area contributed by atoms with Crippen LogP contribution in [0.4, 0.5) is 0 Å². The fourth-order valence-corrected chi connectivity index (χ4v) is 5.54. The maximum Gasteiger partial charge on any atom is 0.194 e. The summed E-state index contributed by atoms with van der Waals surface area (Å²) in [6, 6.07) is 32.3. The van der Waals surface area contributed by atoms with Crippen molar-refractivity contribution in [1.29, 1.82) is 10.5 Å². The Morgan fingerprint density at radius 2 is 1.03 bits per heavy atom. The number of carbonyl (C=O) groups excluding carboxylic acids is 1. The van der Waals surface area contributed by atoms with E-state index in [1.807, 2.05) is 66.7 Å². The second-order valence-electron chi connectivity index (χ2n) is 8.70. The molecule has 5 aromatic carbocycles. The third-order valence-corrected chi connectivity index (χ3v) is 7.02. The number of nitriles is 2. The summed E-state index contributed by atoms with van der Waals surface area (Å²) in [4.78, 5) is 13.8. The van der Waals surface area contributed by atoms with Crippen molar-refractivity contribution in [3.05, 3.63) is 113 Å². The van der Waals surface area contributed by atoms with Gasteiger partial charge in [0, 0.05) is 22.3 Å². The van der Waals surface area contributed by atoms with Gasteiger partial charge in [-0.05, 0) is 73.6 Å². The van der Waals surface area contributed by atoms with E-state index >= 15 is 0 Å². The van der Waals surface area contributed by atoms with Crippen LogP contribution in [0.3, 0.4) is 0 Å². The lowest BCUT2D eigenvalue weighted by atomic mass is 9.93. The Labute approximate surface area is 195 Å². The van der Waals surface area contributed by atoms with Crippen molar-refractivity contribution in [2.75, 3.05) is 0 Å². The van der Waals surface area contributed by atoms with Crippen LogP contribution in [0.5, 0.6) is 0 Å². The number of ketones is 1. The van der Waals surface area contributed by atoms with Crippen LogP contribution in [0.2, 0.25) is 0 Å². The van der Waals surface area contributed by atoms with Crippen molar-refractivity contribution < 1.29 is 4.79 Å². The van der Waals surface area contributed by atoms with E-state index in [9.17, 15) is 15.3 Å². The van der Waals surface area contributed by atoms with E-state index in [0.717, 1.165) is 54.9 Å². The van der Waals surface area contributed by atoms with Crippen molar-refractivity contribution in [2.45, 2.75) is 0 Å². The molecule has 0 amide bonds. The molecular weight excluding hydrogens is 416 g/mol. The van der Waals surface area contributed by atoms with E-state index in [0.29, 0.717) is 16.7 Å². The molecule has 3 nitrogen and oxygen atoms in total. The SMILES string of the molecule is N#CC(C#N)=C1c2cc3ccccc3cc2-c2c1ccc1c2C(=O)c2cc3ccccc3cc2-1. The normalized spacial score (nSPS) is 12.6. The second-order valence-corrected chi connectivity index (χ2v) is 8.70. The molecule has 0 radical (unpaired) electrons. The highest BCUT2D eigenvalue weighted by molar-refractivity contribution is 6.28. The zero-order valence-electron chi connectivity index (χ0n) is 17.9. The summed E-state index contributed by atoms with van der Waals surface area (Å²) in [5.41, 5.74) is 7.17. The van der Waals surface area contributed by atoms with E-state index in [4.69, 9.17) is 0 Å². The molecule has 0 N–H and O–H groups in total. The van der Waals surface area contributed by atoms with Gasteiger partial charge in [-0.3, -0.25) is 4.79 Å². The summed E-state index contributed by atoms with van der Waals surface area (Å²) in [7, 11) is 0. The summed E-state index contributed by atoms with van der Waals surface area (Å²) in [5.74, 6) is -0.0107. The van der Waals surface area contributed by atoms with Crippen LogP contribution in [0.25, 0.3) is 49.4 Å². The highest BCUT2D eigenvalue weighted by Crippen LogP contribution is 2.53. The van der Waals surface area contributed by atoms with Gasteiger partial charge in [0.2, 0.25) is 0 Å². The van der Waals surface area contributed by atoms with Crippen molar-refractivity contribution in [3.8, 4) is 34.4 Å². The number of hydrogen-bond donors (Lipinski definition) is 0. The van der Waals surface area contributed by atoms with Gasteiger partial charge in [-0.25, -0.2) is 0 Å². The molecule has 154 valence electrons. The molecule has 34 heavy (non-hydrogen) atoms. The Morgan fingerprint density at radius 3 is 1.62 bits per heavy atom. The first-order chi connectivity index (χ1) is 16.7. The van der Waals surface area contributed by atoms with Crippen LogP contribution in [-0.4, -0.2) is 5.78 Å². The zero-order valence-corrected chi connectivity index (χ0v) is 17.9. The van der Waals surface area contributed by atoms with Gasteiger partial charge in [-0.15, -0.1) is 0 Å². The molecule has 0 unspecified atom stereocenters. The fraction of sp³-hybridized carbons (Fsp3) is 0. The molecule has 7 rings (SSSR count). The van der Waals surface area contributed by atoms with Gasteiger partial charge in [0.15, 0.2) is 5.78 Å². The molecule has 0 saturated heterocycles. The van der Waals surface area contributed by atoms with Gasteiger partial charge in [0.05, 0.1) is 0 Å². The maximum atomic E-state index is 13.8. The molecule has 3 heteroatoms. The standard InChI is InChI=1S/C31H14N2O/c32-15-21(16-33)28-23-10-9-22-24-11-17-5-1-4-8-20(17)14-27(24)31(34)30(22)29(23)26-13-19-7-3-2-6-18(19)12-25(26)28/h1-14H. The summed E-state index contributed by atoms with van der Waals surface area (Å²) >= 11 is 0. The van der Waals surface area contributed by atoms with E-state index in [1.165, 1.54) is 0 Å². The van der Waals surface area contributed by atoms with Gasteiger partial charge in [-0.1, -0.05) is 60.7 Å². The van der Waals surface area contributed by atoms with Crippen LogP contribution >= 0.6 is 0 Å². The Morgan fingerprint density at radius 1 is 0.529 bits per heavy atom. The van der Waals surface area contributed by atoms with Gasteiger partial charge in [0.1, 0.15) is 17.7 Å². The van der Waals surface area contributed by atoms with Gasteiger partial charge >= 0.3 is 0 Å². The highest BCUT2D eigenvalue weighted by Gasteiger charge is 2.37. The highest BCUT2D eigenvalue weighted by atomic mass is 16.1. The van der Waals surface area contributed by atoms with E-state index in [2.05, 4.69) is 30.3 Å². The lowest BCUT2D eigenvalue weighted by Crippen LogP contribution is -1.99. The maximum absolute atomic E-state index is 13.8. The first-order valence-electron chi connectivity index (χ1n) is 11.0. The Bertz CT molecular complexity index is 1880. The minimum Gasteiger partial charge on any atom is -0.289 e. The number of fused-ring (bicyclic) bond motifs is 9. The quantitative estimate of drug-likeness (QED) is 0.243. The number of rotatable bonds is 0. The number of carbonyl (C=O) groups is 1. The smallest absolute Gasteiger partial charge is 0.194 e. The van der Waals surface area contributed by atoms with Crippen molar-refractivity contribution in [1.82, 2.24) is 0 Å². The Hall–Kier alpha value is -4.99. The first kappa shape index (κ1) is 18.6. The predicted molar refractivity (Wildman–Crippen MR) is 133 cm³/mol. The largest absolute Gasteiger partial charge is 0.289 e. The van der Waals surface area contributed by atoms with E-state index in [1.54, 1.807) is 0 Å². The number of hydrogen-bond acceptors (Lipinski definition) is 3. The molecule has 0 aromatic heterocycles. The summed E-state index contributed by atoms with van der Waals surface area (Å²) in [5, 5.41) is 23.7. The molecule has 0 aliphatic heterocycles. The third-order valence-electron chi connectivity index (χ3n) is 7.02. The van der Waals surface area contributed by atoms with Crippen LogP contribution in [0.1, 0.15) is 27.0 Å². The average molecular weight is 430 g/mol. The Kier molecular flexibility index (Phi) is 3.56. The first-order valence-corrected chi connectivity index (χ1v) is 11.0. The third kappa shape index (κ3) is 2.26. The predicted octanol–water partition coefficient (Wildman–Crippen LogP) is 7.03. The average Bonchev–Trinajstić information content (AvgIpc) is 3.34. The molecule has 0 saturated carbocycles. The van der Waals surface area contributed by atoms with Gasteiger partial charge in [-0.2, -0.15) is 10.5 Å². The molecule has 2 aliphatic rings. The molecule has 0 bridgehead atoms. The van der Waals surface area contributed by atoms with Crippen molar-refractivity contribution in [2.24, 2.45) is 0 Å². The monoisotopic (exact) mass is 430 g/mol. The number of benzene rings is 5. The van der Waals surface area contributed by atoms with Crippen LogP contribution in [-0.2, 0) is 0 Å². The van der Waals surface area contributed by atoms with Crippen molar-refractivity contribution in [3.63, 3.8) is 0 Å². The summed E-state index contributed by atoms with van der Waals surface area (Å²) < 4.78 is 0. The molecule has 0 heterocycles. The molecule has 0 spiro atoms. The summed E-state index contributed by atoms with van der Waals surface area (Å²) in [6.45, 7) is 0. The molecule has 0 fully saturated rings. The zero-order chi connectivity index (χ0) is 23.0. The van der Waals surface area contributed by atoms with Gasteiger partial charge in [0.25, 0.3) is 0 Å². The van der Waals surface area contributed by atoms with E-state index < -0.39 is 0 Å². The van der Waals surface area contributed by atoms with Crippen LogP contribution in [0.15, 0.2) is 90.5 Å². The molecular formula is C31H14N2O.